The Balaban J connectivity index is 1.57. The number of aldehydes is 1. The number of anilines is 2. The van der Waals surface area contributed by atoms with Crippen LogP contribution in [0, 0.1) is 0 Å². The Morgan fingerprint density at radius 3 is 2.45 bits per heavy atom. The van der Waals surface area contributed by atoms with Crippen molar-refractivity contribution in [1.29, 1.82) is 0 Å². The lowest BCUT2D eigenvalue weighted by atomic mass is 10.1. The Hall–Kier alpha value is -2.95. The van der Waals surface area contributed by atoms with Crippen molar-refractivity contribution in [1.82, 2.24) is 14.1 Å². The van der Waals surface area contributed by atoms with Gasteiger partial charge in [0.25, 0.3) is 10.0 Å². The van der Waals surface area contributed by atoms with Crippen molar-refractivity contribution in [3.63, 3.8) is 0 Å². The topological polar surface area (TPSA) is 99.0 Å². The Morgan fingerprint density at radius 2 is 1.76 bits per heavy atom. The molecule has 0 saturated carbocycles. The summed E-state index contributed by atoms with van der Waals surface area (Å²) in [6, 6.07) is 12.1. The second-order valence-corrected chi connectivity index (χ2v) is 10.5. The van der Waals surface area contributed by atoms with Gasteiger partial charge in [-0.05, 0) is 49.9 Å². The minimum absolute atomic E-state index is 0.0910. The van der Waals surface area contributed by atoms with Crippen LogP contribution < -0.4 is 9.80 Å². The summed E-state index contributed by atoms with van der Waals surface area (Å²) >= 11 is 0. The van der Waals surface area contributed by atoms with E-state index in [2.05, 4.69) is 21.9 Å². The molecule has 2 aliphatic heterocycles. The Labute approximate surface area is 192 Å². The number of aliphatic hydroxyl groups is 1. The average Bonchev–Trinajstić information content (AvgIpc) is 3.43. The van der Waals surface area contributed by atoms with Gasteiger partial charge in [-0.2, -0.15) is 17.6 Å². The number of aliphatic hydroxyl groups excluding tert-OH is 1. The molecule has 9 nitrogen and oxygen atoms in total. The summed E-state index contributed by atoms with van der Waals surface area (Å²) < 4.78 is 28.2. The predicted octanol–water partition coefficient (Wildman–Crippen LogP) is 1.41. The summed E-state index contributed by atoms with van der Waals surface area (Å²) in [5.74, 6) is 0. The largest absolute Gasteiger partial charge is 0.391 e. The minimum atomic E-state index is -4.05. The number of hydrogen-bond acceptors (Lipinski definition) is 8. The van der Waals surface area contributed by atoms with Gasteiger partial charge in [-0.15, -0.1) is 0 Å². The molecule has 1 unspecified atom stereocenters. The van der Waals surface area contributed by atoms with Gasteiger partial charge in [-0.1, -0.05) is 6.07 Å². The van der Waals surface area contributed by atoms with Crippen LogP contribution >= 0.6 is 0 Å². The molecule has 2 fully saturated rings. The number of likely N-dealkylation sites (N-methyl/N-ethyl adjacent to an activating group) is 1. The van der Waals surface area contributed by atoms with Crippen LogP contribution in [0.1, 0.15) is 16.9 Å². The van der Waals surface area contributed by atoms with Crippen LogP contribution in [0.15, 0.2) is 47.4 Å². The quantitative estimate of drug-likeness (QED) is 0.560. The highest BCUT2D eigenvalue weighted by atomic mass is 32.2. The zero-order valence-electron chi connectivity index (χ0n) is 18.5. The highest BCUT2D eigenvalue weighted by Gasteiger charge is 2.26. The summed E-state index contributed by atoms with van der Waals surface area (Å²) in [7, 11) is -1.97. The summed E-state index contributed by atoms with van der Waals surface area (Å²) in [4.78, 5) is 18.2. The molecule has 2 saturated heterocycles. The second-order valence-electron chi connectivity index (χ2n) is 8.73. The summed E-state index contributed by atoms with van der Waals surface area (Å²) in [5, 5.41) is 14.5. The molecule has 1 N–H and O–H groups in total. The molecule has 3 heterocycles. The van der Waals surface area contributed by atoms with Crippen LogP contribution in [0.25, 0.3) is 10.9 Å². The fraction of sp³-hybridized carbons (Fsp3) is 0.391. The molecular weight excluding hydrogens is 442 g/mol. The lowest BCUT2D eigenvalue weighted by molar-refractivity contribution is 0.112. The molecule has 3 aromatic rings. The fourth-order valence-corrected chi connectivity index (χ4v) is 5.87. The number of benzene rings is 2. The van der Waals surface area contributed by atoms with Gasteiger partial charge in [-0.3, -0.25) is 4.79 Å². The first-order valence-corrected chi connectivity index (χ1v) is 12.5. The molecule has 0 radical (unpaired) electrons. The minimum Gasteiger partial charge on any atom is -0.391 e. The summed E-state index contributed by atoms with van der Waals surface area (Å²) in [5.41, 5.74) is 2.12. The number of aromatic nitrogens is 2. The van der Waals surface area contributed by atoms with Gasteiger partial charge in [0.05, 0.1) is 16.5 Å². The number of carbonyl (C=O) groups excluding carboxylic acids is 1. The van der Waals surface area contributed by atoms with Crippen LogP contribution in [0.4, 0.5) is 11.4 Å². The number of fused-ring (bicyclic) bond motifs is 1. The summed E-state index contributed by atoms with van der Waals surface area (Å²) in [6.07, 6.45) is 0.827. The number of β-amino-alcohol motifs (C(OH)–C–C–N with tert-alkyl or cyclic N) is 1. The predicted molar refractivity (Wildman–Crippen MR) is 127 cm³/mol. The first-order valence-electron chi connectivity index (χ1n) is 11.1. The highest BCUT2D eigenvalue weighted by Crippen LogP contribution is 2.29. The van der Waals surface area contributed by atoms with E-state index in [4.69, 9.17) is 0 Å². The van der Waals surface area contributed by atoms with E-state index in [0.717, 1.165) is 41.6 Å². The number of rotatable bonds is 5. The first-order chi connectivity index (χ1) is 15.9. The molecular formula is C23H27N5O4S. The smallest absolute Gasteiger partial charge is 0.283 e. The molecule has 1 atom stereocenters. The molecule has 0 spiro atoms. The molecule has 2 aromatic carbocycles. The average molecular weight is 470 g/mol. The second kappa shape index (κ2) is 8.44. The van der Waals surface area contributed by atoms with Crippen LogP contribution in [-0.2, 0) is 10.0 Å². The number of nitrogens with zero attached hydrogens (tertiary/aromatic N) is 5. The maximum absolute atomic E-state index is 13.6. The van der Waals surface area contributed by atoms with Crippen LogP contribution in [0.2, 0.25) is 0 Å². The van der Waals surface area contributed by atoms with Crippen LogP contribution in [0.3, 0.4) is 0 Å². The third-order valence-electron chi connectivity index (χ3n) is 6.51. The van der Waals surface area contributed by atoms with Crippen molar-refractivity contribution in [3.05, 3.63) is 48.2 Å². The van der Waals surface area contributed by atoms with E-state index in [-0.39, 0.29) is 10.6 Å². The third-order valence-corrected chi connectivity index (χ3v) is 8.10. The zero-order chi connectivity index (χ0) is 23.2. The molecule has 33 heavy (non-hydrogen) atoms. The maximum atomic E-state index is 13.6. The lowest BCUT2D eigenvalue weighted by Crippen LogP contribution is -2.44. The Kier molecular flexibility index (Phi) is 5.59. The van der Waals surface area contributed by atoms with E-state index in [1.807, 2.05) is 17.0 Å². The fourth-order valence-electron chi connectivity index (χ4n) is 4.55. The van der Waals surface area contributed by atoms with Crippen molar-refractivity contribution in [2.24, 2.45) is 0 Å². The third kappa shape index (κ3) is 3.98. The van der Waals surface area contributed by atoms with Gasteiger partial charge in [0.2, 0.25) is 0 Å². The lowest BCUT2D eigenvalue weighted by Gasteiger charge is -2.34. The zero-order valence-corrected chi connectivity index (χ0v) is 19.3. The number of hydrogen-bond donors (Lipinski definition) is 1. The van der Waals surface area contributed by atoms with E-state index >= 15 is 0 Å². The van der Waals surface area contributed by atoms with Crippen molar-refractivity contribution < 1.29 is 18.3 Å². The van der Waals surface area contributed by atoms with Crippen molar-refractivity contribution >= 4 is 38.6 Å². The molecule has 0 amide bonds. The van der Waals surface area contributed by atoms with Gasteiger partial charge in [0.15, 0.2) is 6.29 Å². The van der Waals surface area contributed by atoms with Gasteiger partial charge in [-0.25, -0.2) is 0 Å². The molecule has 0 bridgehead atoms. The van der Waals surface area contributed by atoms with Gasteiger partial charge in [0, 0.05) is 56.0 Å². The van der Waals surface area contributed by atoms with Crippen molar-refractivity contribution in [2.75, 3.05) is 56.1 Å². The molecule has 5 rings (SSSR count). The monoisotopic (exact) mass is 469 g/mol. The van der Waals surface area contributed by atoms with E-state index in [1.165, 1.54) is 6.07 Å². The normalized spacial score (nSPS) is 20.0. The SMILES string of the molecule is CN1CCN(c2ccc3c(C=O)nn(S(=O)(=O)c4cccc(N5CCC(O)C5)c4)c3c2)CC1. The van der Waals surface area contributed by atoms with Crippen LogP contribution in [-0.4, -0.2) is 86.3 Å². The molecule has 0 aliphatic carbocycles. The first kappa shape index (κ1) is 21.9. The van der Waals surface area contributed by atoms with Crippen molar-refractivity contribution in [2.45, 2.75) is 17.4 Å². The maximum Gasteiger partial charge on any atom is 0.283 e. The number of piperazine rings is 1. The number of carbonyl (C=O) groups is 1. The molecule has 10 heteroatoms. The van der Waals surface area contributed by atoms with E-state index < -0.39 is 16.1 Å². The highest BCUT2D eigenvalue weighted by molar-refractivity contribution is 7.90. The van der Waals surface area contributed by atoms with E-state index in [0.29, 0.717) is 36.7 Å². The molecule has 174 valence electrons. The van der Waals surface area contributed by atoms with Gasteiger partial charge in [0.1, 0.15) is 5.69 Å². The molecule has 1 aromatic heterocycles. The van der Waals surface area contributed by atoms with E-state index in [1.54, 1.807) is 24.3 Å². The van der Waals surface area contributed by atoms with E-state index in [9.17, 15) is 18.3 Å². The van der Waals surface area contributed by atoms with Gasteiger partial charge >= 0.3 is 0 Å². The van der Waals surface area contributed by atoms with Crippen molar-refractivity contribution in [3.8, 4) is 0 Å². The van der Waals surface area contributed by atoms with Gasteiger partial charge < -0.3 is 19.8 Å². The Morgan fingerprint density at radius 1 is 1.00 bits per heavy atom. The summed E-state index contributed by atoms with van der Waals surface area (Å²) in [6.45, 7) is 4.66. The van der Waals surface area contributed by atoms with Crippen LogP contribution in [0.5, 0.6) is 0 Å². The Bertz CT molecular complexity index is 1300. The standard InChI is InChI=1S/C23H27N5O4S/c1-25-9-11-26(12-10-25)18-5-6-21-22(16-29)24-28(23(21)14-18)33(31,32)20-4-2-3-17(13-20)27-8-7-19(30)15-27/h2-6,13-14,16,19,30H,7-12,15H2,1H3. The molecule has 2 aliphatic rings.